The first-order valence-corrected chi connectivity index (χ1v) is 6.82. The number of carbonyl (C=O) groups is 2. The molecule has 2 aliphatic rings. The van der Waals surface area contributed by atoms with Crippen LogP contribution < -0.4 is 4.90 Å². The van der Waals surface area contributed by atoms with Gasteiger partial charge in [-0.15, -0.1) is 0 Å². The number of benzene rings is 1. The Balaban J connectivity index is 1.94. The van der Waals surface area contributed by atoms with Crippen LogP contribution in [-0.4, -0.2) is 30.9 Å². The van der Waals surface area contributed by atoms with E-state index in [1.165, 1.54) is 0 Å². The van der Waals surface area contributed by atoms with E-state index in [-0.39, 0.29) is 17.8 Å². The summed E-state index contributed by atoms with van der Waals surface area (Å²) in [5.74, 6) is 0.123. The molecule has 0 N–H and O–H groups in total. The SMILES string of the molecule is O=C1CCCN(C(=O)C2CCCO2)c2ccccc21. The minimum atomic E-state index is -0.332. The predicted octanol–water partition coefficient (Wildman–Crippen LogP) is 2.18. The summed E-state index contributed by atoms with van der Waals surface area (Å²) in [5.41, 5.74) is 1.40. The van der Waals surface area contributed by atoms with E-state index in [0.717, 1.165) is 18.5 Å². The minimum Gasteiger partial charge on any atom is -0.368 e. The Morgan fingerprint density at radius 1 is 1.26 bits per heavy atom. The summed E-state index contributed by atoms with van der Waals surface area (Å²) in [6.07, 6.45) is 2.61. The molecule has 1 fully saturated rings. The van der Waals surface area contributed by atoms with Crippen LogP contribution in [0.2, 0.25) is 0 Å². The second-order valence-electron chi connectivity index (χ2n) is 5.04. The molecule has 100 valence electrons. The van der Waals surface area contributed by atoms with Crippen LogP contribution in [0.3, 0.4) is 0 Å². The van der Waals surface area contributed by atoms with Gasteiger partial charge in [-0.1, -0.05) is 12.1 Å². The van der Waals surface area contributed by atoms with Gasteiger partial charge in [-0.05, 0) is 31.4 Å². The molecule has 1 amide bonds. The van der Waals surface area contributed by atoms with Gasteiger partial charge in [0.2, 0.25) is 0 Å². The Labute approximate surface area is 112 Å². The van der Waals surface area contributed by atoms with E-state index >= 15 is 0 Å². The Hall–Kier alpha value is -1.68. The molecule has 1 saturated heterocycles. The second kappa shape index (κ2) is 5.13. The Kier molecular flexibility index (Phi) is 3.34. The van der Waals surface area contributed by atoms with Crippen molar-refractivity contribution in [3.8, 4) is 0 Å². The van der Waals surface area contributed by atoms with Crippen molar-refractivity contribution >= 4 is 17.4 Å². The number of hydrogen-bond donors (Lipinski definition) is 0. The zero-order valence-electron chi connectivity index (χ0n) is 10.8. The Morgan fingerprint density at radius 3 is 2.89 bits per heavy atom. The third kappa shape index (κ3) is 2.28. The number of carbonyl (C=O) groups excluding carboxylic acids is 2. The first-order valence-electron chi connectivity index (χ1n) is 6.82. The molecular weight excluding hydrogens is 242 g/mol. The third-order valence-corrected chi connectivity index (χ3v) is 3.75. The van der Waals surface area contributed by atoms with Crippen LogP contribution in [0.4, 0.5) is 5.69 Å². The maximum absolute atomic E-state index is 12.5. The lowest BCUT2D eigenvalue weighted by Crippen LogP contribution is -2.39. The number of nitrogens with zero attached hydrogens (tertiary/aromatic N) is 1. The van der Waals surface area contributed by atoms with Gasteiger partial charge in [-0.25, -0.2) is 0 Å². The van der Waals surface area contributed by atoms with Crippen molar-refractivity contribution in [3.63, 3.8) is 0 Å². The molecule has 0 spiro atoms. The maximum Gasteiger partial charge on any atom is 0.256 e. The lowest BCUT2D eigenvalue weighted by Gasteiger charge is -2.25. The van der Waals surface area contributed by atoms with E-state index in [0.29, 0.717) is 31.6 Å². The van der Waals surface area contributed by atoms with Crippen molar-refractivity contribution < 1.29 is 14.3 Å². The van der Waals surface area contributed by atoms with Crippen LogP contribution in [-0.2, 0) is 9.53 Å². The second-order valence-corrected chi connectivity index (χ2v) is 5.04. The van der Waals surface area contributed by atoms with Gasteiger partial charge in [0.25, 0.3) is 5.91 Å². The molecule has 0 aliphatic carbocycles. The quantitative estimate of drug-likeness (QED) is 0.776. The lowest BCUT2D eigenvalue weighted by molar-refractivity contribution is -0.127. The first-order chi connectivity index (χ1) is 9.27. The fourth-order valence-corrected chi connectivity index (χ4v) is 2.77. The number of ether oxygens (including phenoxy) is 1. The summed E-state index contributed by atoms with van der Waals surface area (Å²) in [6.45, 7) is 1.26. The van der Waals surface area contributed by atoms with Crippen molar-refractivity contribution in [3.05, 3.63) is 29.8 Å². The highest BCUT2D eigenvalue weighted by molar-refractivity contribution is 6.07. The summed E-state index contributed by atoms with van der Waals surface area (Å²) in [5, 5.41) is 0. The molecule has 19 heavy (non-hydrogen) atoms. The number of ketones is 1. The number of amides is 1. The van der Waals surface area contributed by atoms with E-state index in [2.05, 4.69) is 0 Å². The fraction of sp³-hybridized carbons (Fsp3) is 0.467. The lowest BCUT2D eigenvalue weighted by atomic mass is 10.1. The summed E-state index contributed by atoms with van der Waals surface area (Å²) in [6, 6.07) is 7.37. The molecule has 2 heterocycles. The number of rotatable bonds is 1. The van der Waals surface area contributed by atoms with Crippen LogP contribution >= 0.6 is 0 Å². The van der Waals surface area contributed by atoms with Gasteiger partial charge < -0.3 is 9.64 Å². The van der Waals surface area contributed by atoms with Gasteiger partial charge in [0.1, 0.15) is 6.10 Å². The monoisotopic (exact) mass is 259 g/mol. The van der Waals surface area contributed by atoms with Crippen LogP contribution in [0.5, 0.6) is 0 Å². The number of anilines is 1. The average Bonchev–Trinajstić information content (AvgIpc) is 2.91. The molecule has 4 nitrogen and oxygen atoms in total. The molecule has 1 atom stereocenters. The van der Waals surface area contributed by atoms with Gasteiger partial charge in [0, 0.05) is 25.1 Å². The van der Waals surface area contributed by atoms with Crippen LogP contribution in [0.15, 0.2) is 24.3 Å². The molecule has 0 aromatic heterocycles. The highest BCUT2D eigenvalue weighted by Crippen LogP contribution is 2.28. The molecule has 0 bridgehead atoms. The summed E-state index contributed by atoms with van der Waals surface area (Å²) in [7, 11) is 0. The number of Topliss-reactive ketones (excluding diaryl/α,β-unsaturated/α-hetero) is 1. The summed E-state index contributed by atoms with van der Waals surface area (Å²) < 4.78 is 5.47. The van der Waals surface area contributed by atoms with E-state index in [1.807, 2.05) is 18.2 Å². The molecule has 0 radical (unpaired) electrons. The van der Waals surface area contributed by atoms with E-state index in [9.17, 15) is 9.59 Å². The molecule has 1 unspecified atom stereocenters. The molecular formula is C15H17NO3. The standard InChI is InChI=1S/C15H17NO3/c17-13-7-3-9-16(12-6-2-1-5-11(12)13)15(18)14-8-4-10-19-14/h1-2,5-6,14H,3-4,7-10H2. The maximum atomic E-state index is 12.5. The van der Waals surface area contributed by atoms with Crippen LogP contribution in [0.25, 0.3) is 0 Å². The van der Waals surface area contributed by atoms with Crippen LogP contribution in [0.1, 0.15) is 36.0 Å². The molecule has 4 heteroatoms. The number of hydrogen-bond acceptors (Lipinski definition) is 3. The average molecular weight is 259 g/mol. The molecule has 2 aliphatic heterocycles. The predicted molar refractivity (Wildman–Crippen MR) is 71.3 cm³/mol. The fourth-order valence-electron chi connectivity index (χ4n) is 2.77. The third-order valence-electron chi connectivity index (χ3n) is 3.75. The van der Waals surface area contributed by atoms with E-state index in [1.54, 1.807) is 11.0 Å². The Morgan fingerprint density at radius 2 is 2.11 bits per heavy atom. The highest BCUT2D eigenvalue weighted by Gasteiger charge is 2.32. The molecule has 0 saturated carbocycles. The highest BCUT2D eigenvalue weighted by atomic mass is 16.5. The van der Waals surface area contributed by atoms with Gasteiger partial charge in [0.15, 0.2) is 5.78 Å². The Bertz CT molecular complexity index is 506. The van der Waals surface area contributed by atoms with Gasteiger partial charge in [-0.3, -0.25) is 9.59 Å². The topological polar surface area (TPSA) is 46.6 Å². The van der Waals surface area contributed by atoms with Crippen molar-refractivity contribution in [2.75, 3.05) is 18.1 Å². The smallest absolute Gasteiger partial charge is 0.256 e. The van der Waals surface area contributed by atoms with E-state index in [4.69, 9.17) is 4.74 Å². The first kappa shape index (κ1) is 12.4. The largest absolute Gasteiger partial charge is 0.368 e. The summed E-state index contributed by atoms with van der Waals surface area (Å²) in [4.78, 5) is 26.3. The van der Waals surface area contributed by atoms with E-state index < -0.39 is 0 Å². The van der Waals surface area contributed by atoms with Crippen molar-refractivity contribution in [1.82, 2.24) is 0 Å². The molecule has 1 aromatic rings. The van der Waals surface area contributed by atoms with Crippen molar-refractivity contribution in [2.45, 2.75) is 31.8 Å². The van der Waals surface area contributed by atoms with Crippen LogP contribution in [0, 0.1) is 0 Å². The number of para-hydroxylation sites is 1. The molecule has 1 aromatic carbocycles. The van der Waals surface area contributed by atoms with Gasteiger partial charge >= 0.3 is 0 Å². The van der Waals surface area contributed by atoms with Gasteiger partial charge in [-0.2, -0.15) is 0 Å². The number of fused-ring (bicyclic) bond motifs is 1. The van der Waals surface area contributed by atoms with Crippen molar-refractivity contribution in [1.29, 1.82) is 0 Å². The summed E-state index contributed by atoms with van der Waals surface area (Å²) >= 11 is 0. The normalized spacial score (nSPS) is 23.1. The van der Waals surface area contributed by atoms with Gasteiger partial charge in [0.05, 0.1) is 5.69 Å². The molecule has 3 rings (SSSR count). The zero-order chi connectivity index (χ0) is 13.2. The zero-order valence-corrected chi connectivity index (χ0v) is 10.8. The minimum absolute atomic E-state index is 0.000324. The van der Waals surface area contributed by atoms with Crippen molar-refractivity contribution in [2.24, 2.45) is 0 Å².